The molecule has 88 valence electrons. The number of carbonyl (C=O) groups is 1. The Hall–Kier alpha value is -0.670. The Morgan fingerprint density at radius 2 is 2.44 bits per heavy atom. The van der Waals surface area contributed by atoms with Crippen molar-refractivity contribution in [2.45, 2.75) is 32.7 Å². The zero-order chi connectivity index (χ0) is 11.5. The summed E-state index contributed by atoms with van der Waals surface area (Å²) < 4.78 is 0. The topological polar surface area (TPSA) is 20.3 Å². The first kappa shape index (κ1) is 11.8. The molecule has 0 N–H and O–H groups in total. The van der Waals surface area contributed by atoms with Crippen LogP contribution in [0.4, 0.5) is 0 Å². The molecule has 0 saturated carbocycles. The molecule has 0 spiro atoms. The molecule has 2 rings (SSSR count). The number of carbonyl (C=O) groups excluding carboxylic acids is 1. The lowest BCUT2D eigenvalue weighted by molar-refractivity contribution is 0.0908. The van der Waals surface area contributed by atoms with Crippen LogP contribution in [0.15, 0.2) is 17.5 Å². The van der Waals surface area contributed by atoms with Gasteiger partial charge in [0.15, 0.2) is 5.78 Å². The third-order valence-electron chi connectivity index (χ3n) is 3.33. The largest absolute Gasteiger partial charge is 0.293 e. The van der Waals surface area contributed by atoms with E-state index in [2.05, 4.69) is 18.7 Å². The predicted molar refractivity (Wildman–Crippen MR) is 68.1 cm³/mol. The highest BCUT2D eigenvalue weighted by Crippen LogP contribution is 2.24. The van der Waals surface area contributed by atoms with E-state index in [9.17, 15) is 4.79 Å². The lowest BCUT2D eigenvalue weighted by atomic mass is 10.0. The molecule has 0 radical (unpaired) electrons. The van der Waals surface area contributed by atoms with Crippen LogP contribution < -0.4 is 0 Å². The van der Waals surface area contributed by atoms with Crippen LogP contribution in [0.2, 0.25) is 0 Å². The van der Waals surface area contributed by atoms with Crippen molar-refractivity contribution in [1.29, 1.82) is 0 Å². The summed E-state index contributed by atoms with van der Waals surface area (Å²) in [5.41, 5.74) is 0. The van der Waals surface area contributed by atoms with Gasteiger partial charge in [0, 0.05) is 6.04 Å². The molecule has 1 saturated heterocycles. The van der Waals surface area contributed by atoms with Gasteiger partial charge in [0.05, 0.1) is 11.4 Å². The van der Waals surface area contributed by atoms with E-state index in [0.717, 1.165) is 11.4 Å². The van der Waals surface area contributed by atoms with Crippen LogP contribution in [0, 0.1) is 5.92 Å². The predicted octanol–water partition coefficient (Wildman–Crippen LogP) is 3.05. The molecular weight excluding hydrogens is 218 g/mol. The third-order valence-corrected chi connectivity index (χ3v) is 4.24. The maximum absolute atomic E-state index is 12.0. The van der Waals surface area contributed by atoms with Gasteiger partial charge in [-0.3, -0.25) is 9.69 Å². The fourth-order valence-corrected chi connectivity index (χ4v) is 3.16. The molecule has 1 fully saturated rings. The van der Waals surface area contributed by atoms with Gasteiger partial charge in [0.25, 0.3) is 0 Å². The van der Waals surface area contributed by atoms with Crippen molar-refractivity contribution in [3.63, 3.8) is 0 Å². The molecule has 1 aromatic heterocycles. The second-order valence-corrected chi connectivity index (χ2v) is 5.77. The number of nitrogens with zero attached hydrogens (tertiary/aromatic N) is 1. The molecule has 2 nitrogen and oxygen atoms in total. The molecule has 1 aromatic rings. The minimum Gasteiger partial charge on any atom is -0.293 e. The smallest absolute Gasteiger partial charge is 0.186 e. The van der Waals surface area contributed by atoms with Crippen LogP contribution in [-0.4, -0.2) is 29.8 Å². The number of ketones is 1. The van der Waals surface area contributed by atoms with Gasteiger partial charge in [-0.2, -0.15) is 0 Å². The minimum atomic E-state index is 0.280. The number of rotatable bonds is 4. The second-order valence-electron chi connectivity index (χ2n) is 4.82. The Labute approximate surface area is 101 Å². The molecule has 1 aliphatic heterocycles. The van der Waals surface area contributed by atoms with Crippen LogP contribution in [-0.2, 0) is 0 Å². The molecule has 0 aromatic carbocycles. The lowest BCUT2D eigenvalue weighted by Crippen LogP contribution is -2.37. The first-order valence-corrected chi connectivity index (χ1v) is 6.87. The van der Waals surface area contributed by atoms with Crippen molar-refractivity contribution < 1.29 is 4.79 Å². The van der Waals surface area contributed by atoms with Crippen LogP contribution in [0.5, 0.6) is 0 Å². The van der Waals surface area contributed by atoms with Crippen LogP contribution >= 0.6 is 11.3 Å². The summed E-state index contributed by atoms with van der Waals surface area (Å²) in [5, 5.41) is 1.97. The summed E-state index contributed by atoms with van der Waals surface area (Å²) in [6, 6.07) is 4.47. The van der Waals surface area contributed by atoms with Crippen molar-refractivity contribution in [3.8, 4) is 0 Å². The Morgan fingerprint density at radius 1 is 1.62 bits per heavy atom. The zero-order valence-corrected chi connectivity index (χ0v) is 10.8. The lowest BCUT2D eigenvalue weighted by Gasteiger charge is -2.26. The van der Waals surface area contributed by atoms with E-state index < -0.39 is 0 Å². The third kappa shape index (κ3) is 2.53. The van der Waals surface area contributed by atoms with Crippen LogP contribution in [0.1, 0.15) is 36.4 Å². The maximum atomic E-state index is 12.0. The molecule has 2 heterocycles. The summed E-state index contributed by atoms with van der Waals surface area (Å²) in [6.07, 6.45) is 2.48. The average Bonchev–Trinajstić information content (AvgIpc) is 2.86. The van der Waals surface area contributed by atoms with Gasteiger partial charge in [-0.25, -0.2) is 0 Å². The minimum absolute atomic E-state index is 0.280. The molecule has 1 unspecified atom stereocenters. The second kappa shape index (κ2) is 5.11. The summed E-state index contributed by atoms with van der Waals surface area (Å²) in [4.78, 5) is 15.3. The zero-order valence-electron chi connectivity index (χ0n) is 9.98. The fraction of sp³-hybridized carbons (Fsp3) is 0.615. The molecule has 0 bridgehead atoms. The molecule has 0 aliphatic carbocycles. The van der Waals surface area contributed by atoms with Crippen molar-refractivity contribution in [2.75, 3.05) is 13.1 Å². The van der Waals surface area contributed by atoms with E-state index in [1.54, 1.807) is 11.3 Å². The number of Topliss-reactive ketones (excluding diaryl/α,β-unsaturated/α-hetero) is 1. The quantitative estimate of drug-likeness (QED) is 0.750. The number of hydrogen-bond acceptors (Lipinski definition) is 3. The van der Waals surface area contributed by atoms with E-state index >= 15 is 0 Å². The molecular formula is C13H19NOS. The van der Waals surface area contributed by atoms with Gasteiger partial charge in [0.1, 0.15) is 0 Å². The Bertz CT molecular complexity index is 345. The van der Waals surface area contributed by atoms with E-state index in [1.165, 1.54) is 12.8 Å². The van der Waals surface area contributed by atoms with E-state index in [1.807, 2.05) is 17.5 Å². The summed E-state index contributed by atoms with van der Waals surface area (Å²) in [7, 11) is 0. The van der Waals surface area contributed by atoms with Gasteiger partial charge in [-0.1, -0.05) is 19.9 Å². The maximum Gasteiger partial charge on any atom is 0.186 e. The van der Waals surface area contributed by atoms with Gasteiger partial charge in [-0.15, -0.1) is 11.3 Å². The molecule has 3 heteroatoms. The van der Waals surface area contributed by atoms with Gasteiger partial charge in [0.2, 0.25) is 0 Å². The van der Waals surface area contributed by atoms with E-state index in [0.29, 0.717) is 18.5 Å². The highest BCUT2D eigenvalue weighted by Gasteiger charge is 2.28. The first-order valence-electron chi connectivity index (χ1n) is 5.99. The Kier molecular flexibility index (Phi) is 3.77. The van der Waals surface area contributed by atoms with Gasteiger partial charge >= 0.3 is 0 Å². The molecule has 16 heavy (non-hydrogen) atoms. The number of thiophene rings is 1. The highest BCUT2D eigenvalue weighted by atomic mass is 32.1. The summed E-state index contributed by atoms with van der Waals surface area (Å²) in [5.74, 6) is 0.932. The van der Waals surface area contributed by atoms with Crippen molar-refractivity contribution in [2.24, 2.45) is 5.92 Å². The standard InChI is InChI=1S/C13H19NOS/c1-10(2)11-5-3-7-14(11)9-12(15)13-6-4-8-16-13/h4,6,8,10-11H,3,5,7,9H2,1-2H3. The molecule has 1 atom stereocenters. The summed E-state index contributed by atoms with van der Waals surface area (Å²) in [6.45, 7) is 6.18. The normalized spacial score (nSPS) is 21.8. The first-order chi connectivity index (χ1) is 7.68. The fourth-order valence-electron chi connectivity index (χ4n) is 2.50. The SMILES string of the molecule is CC(C)C1CCCN1CC(=O)c1cccs1. The van der Waals surface area contributed by atoms with Crippen molar-refractivity contribution >= 4 is 17.1 Å². The average molecular weight is 237 g/mol. The van der Waals surface area contributed by atoms with Crippen LogP contribution in [0.25, 0.3) is 0 Å². The van der Waals surface area contributed by atoms with E-state index in [-0.39, 0.29) is 5.78 Å². The van der Waals surface area contributed by atoms with Gasteiger partial charge < -0.3 is 0 Å². The van der Waals surface area contributed by atoms with Crippen molar-refractivity contribution in [3.05, 3.63) is 22.4 Å². The van der Waals surface area contributed by atoms with Crippen LogP contribution in [0.3, 0.4) is 0 Å². The number of hydrogen-bond donors (Lipinski definition) is 0. The monoisotopic (exact) mass is 237 g/mol. The Balaban J connectivity index is 1.97. The Morgan fingerprint density at radius 3 is 3.06 bits per heavy atom. The van der Waals surface area contributed by atoms with Gasteiger partial charge in [-0.05, 0) is 36.8 Å². The van der Waals surface area contributed by atoms with Crippen molar-refractivity contribution in [1.82, 2.24) is 4.90 Å². The summed E-state index contributed by atoms with van der Waals surface area (Å²) >= 11 is 1.55. The highest BCUT2D eigenvalue weighted by molar-refractivity contribution is 7.12. The number of likely N-dealkylation sites (tertiary alicyclic amines) is 1. The molecule has 0 amide bonds. The van der Waals surface area contributed by atoms with E-state index in [4.69, 9.17) is 0 Å². The molecule has 1 aliphatic rings.